The fraction of sp³-hybridized carbons (Fsp3) is 0.357. The van der Waals surface area contributed by atoms with Gasteiger partial charge in [0.2, 0.25) is 0 Å². The molecule has 0 spiro atoms. The lowest BCUT2D eigenvalue weighted by atomic mass is 10.2. The molecule has 0 bridgehead atoms. The summed E-state index contributed by atoms with van der Waals surface area (Å²) in [5.41, 5.74) is 1.21. The van der Waals surface area contributed by atoms with Gasteiger partial charge in [0.1, 0.15) is 5.15 Å². The Balaban J connectivity index is 2.35. The monoisotopic (exact) mass is 292 g/mol. The first-order chi connectivity index (χ1) is 9.56. The minimum Gasteiger partial charge on any atom is -0.308 e. The molecule has 0 radical (unpaired) electrons. The Labute approximate surface area is 123 Å². The maximum absolute atomic E-state index is 12.6. The van der Waals surface area contributed by atoms with E-state index in [0.717, 1.165) is 5.69 Å². The highest BCUT2D eigenvalue weighted by molar-refractivity contribution is 6.33. The molecule has 0 atom stereocenters. The Bertz CT molecular complexity index is 594. The molecule has 0 aliphatic carbocycles. The maximum atomic E-state index is 12.6. The number of aromatic nitrogens is 3. The van der Waals surface area contributed by atoms with Gasteiger partial charge in [0.25, 0.3) is 5.91 Å². The van der Waals surface area contributed by atoms with Crippen molar-refractivity contribution in [3.05, 3.63) is 41.4 Å². The number of hydrogen-bond donors (Lipinski definition) is 0. The summed E-state index contributed by atoms with van der Waals surface area (Å²) in [6.45, 7) is 6.40. The predicted octanol–water partition coefficient (Wildman–Crippen LogP) is 3.18. The normalized spacial score (nSPS) is 10.8. The van der Waals surface area contributed by atoms with E-state index in [2.05, 4.69) is 10.1 Å². The summed E-state index contributed by atoms with van der Waals surface area (Å²) >= 11 is 6.24. The molecule has 0 saturated heterocycles. The number of carbonyl (C=O) groups excluding carboxylic acids is 1. The van der Waals surface area contributed by atoms with Crippen LogP contribution in [-0.4, -0.2) is 27.2 Å². The number of amides is 1. The smallest absolute Gasteiger partial charge is 0.263 e. The van der Waals surface area contributed by atoms with E-state index < -0.39 is 0 Å². The number of rotatable bonds is 4. The Morgan fingerprint density at radius 2 is 2.05 bits per heavy atom. The average Bonchev–Trinajstić information content (AvgIpc) is 2.82. The Morgan fingerprint density at radius 3 is 2.55 bits per heavy atom. The van der Waals surface area contributed by atoms with Crippen LogP contribution < -0.4 is 4.90 Å². The van der Waals surface area contributed by atoms with Crippen LogP contribution in [0.2, 0.25) is 5.15 Å². The highest BCUT2D eigenvalue weighted by Gasteiger charge is 2.22. The summed E-state index contributed by atoms with van der Waals surface area (Å²) in [7, 11) is 0. The van der Waals surface area contributed by atoms with Gasteiger partial charge in [-0.2, -0.15) is 5.10 Å². The molecule has 2 rings (SSSR count). The van der Waals surface area contributed by atoms with Gasteiger partial charge in [-0.3, -0.25) is 14.5 Å². The van der Waals surface area contributed by atoms with Crippen LogP contribution in [0.1, 0.15) is 37.2 Å². The maximum Gasteiger partial charge on any atom is 0.263 e. The Hall–Kier alpha value is -1.88. The van der Waals surface area contributed by atoms with Gasteiger partial charge in [-0.05, 0) is 32.9 Å². The molecule has 0 aliphatic rings. The molecule has 106 valence electrons. The Morgan fingerprint density at radius 1 is 1.40 bits per heavy atom. The van der Waals surface area contributed by atoms with Crippen LogP contribution in [0.4, 0.5) is 5.69 Å². The van der Waals surface area contributed by atoms with E-state index in [1.54, 1.807) is 34.1 Å². The molecule has 0 N–H and O–H groups in total. The van der Waals surface area contributed by atoms with Gasteiger partial charge in [-0.15, -0.1) is 0 Å². The van der Waals surface area contributed by atoms with Crippen molar-refractivity contribution in [1.29, 1.82) is 0 Å². The van der Waals surface area contributed by atoms with Crippen LogP contribution in [0.15, 0.2) is 30.7 Å². The quantitative estimate of drug-likeness (QED) is 0.869. The van der Waals surface area contributed by atoms with Gasteiger partial charge in [-0.1, -0.05) is 11.6 Å². The van der Waals surface area contributed by atoms with Crippen molar-refractivity contribution in [3.63, 3.8) is 0 Å². The molecule has 2 aromatic heterocycles. The van der Waals surface area contributed by atoms with Crippen molar-refractivity contribution < 1.29 is 4.79 Å². The fourth-order valence-corrected chi connectivity index (χ4v) is 2.33. The molecule has 5 nitrogen and oxygen atoms in total. The topological polar surface area (TPSA) is 51.0 Å². The van der Waals surface area contributed by atoms with E-state index in [-0.39, 0.29) is 11.9 Å². The molecule has 6 heteroatoms. The van der Waals surface area contributed by atoms with Crippen molar-refractivity contribution in [2.75, 3.05) is 11.4 Å². The lowest BCUT2D eigenvalue weighted by Crippen LogP contribution is -2.30. The summed E-state index contributed by atoms with van der Waals surface area (Å²) in [6, 6.07) is 3.70. The number of hydrogen-bond acceptors (Lipinski definition) is 3. The highest BCUT2D eigenvalue weighted by Crippen LogP contribution is 2.23. The fourth-order valence-electron chi connectivity index (χ4n) is 1.96. The van der Waals surface area contributed by atoms with Crippen molar-refractivity contribution in [2.45, 2.75) is 26.8 Å². The second-order valence-electron chi connectivity index (χ2n) is 4.64. The van der Waals surface area contributed by atoms with E-state index in [9.17, 15) is 4.79 Å². The van der Waals surface area contributed by atoms with E-state index in [1.807, 2.05) is 20.8 Å². The molecular formula is C14H17ClN4O. The van der Waals surface area contributed by atoms with Crippen LogP contribution in [0, 0.1) is 0 Å². The van der Waals surface area contributed by atoms with Gasteiger partial charge < -0.3 is 4.90 Å². The average molecular weight is 293 g/mol. The van der Waals surface area contributed by atoms with Crippen LogP contribution in [-0.2, 0) is 0 Å². The van der Waals surface area contributed by atoms with E-state index in [0.29, 0.717) is 17.3 Å². The largest absolute Gasteiger partial charge is 0.308 e. The van der Waals surface area contributed by atoms with E-state index >= 15 is 0 Å². The van der Waals surface area contributed by atoms with Gasteiger partial charge in [0.05, 0.1) is 11.8 Å². The SMILES string of the molecule is CCN(C(=O)c1cnn(C(C)C)c1Cl)c1ccncc1. The lowest BCUT2D eigenvalue weighted by molar-refractivity contribution is 0.0988. The summed E-state index contributed by atoms with van der Waals surface area (Å²) in [6.07, 6.45) is 4.84. The second-order valence-corrected chi connectivity index (χ2v) is 5.00. The molecule has 0 saturated carbocycles. The second kappa shape index (κ2) is 6.05. The number of nitrogens with zero attached hydrogens (tertiary/aromatic N) is 4. The molecule has 0 aromatic carbocycles. The number of anilines is 1. The van der Waals surface area contributed by atoms with Gasteiger partial charge >= 0.3 is 0 Å². The van der Waals surface area contributed by atoms with Crippen molar-refractivity contribution >= 4 is 23.2 Å². The standard InChI is InChI=1S/C14H17ClN4O/c1-4-18(11-5-7-16-8-6-11)14(20)12-9-17-19(10(2)3)13(12)15/h5-10H,4H2,1-3H3. The van der Waals surface area contributed by atoms with Crippen molar-refractivity contribution in [3.8, 4) is 0 Å². The summed E-state index contributed by atoms with van der Waals surface area (Å²) < 4.78 is 1.63. The van der Waals surface area contributed by atoms with Gasteiger partial charge in [-0.25, -0.2) is 0 Å². The zero-order chi connectivity index (χ0) is 14.7. The summed E-state index contributed by atoms with van der Waals surface area (Å²) in [5, 5.41) is 4.54. The number of carbonyl (C=O) groups is 1. The molecule has 0 unspecified atom stereocenters. The molecular weight excluding hydrogens is 276 g/mol. The van der Waals surface area contributed by atoms with Crippen LogP contribution in [0.25, 0.3) is 0 Å². The lowest BCUT2D eigenvalue weighted by Gasteiger charge is -2.20. The zero-order valence-corrected chi connectivity index (χ0v) is 12.5. The minimum absolute atomic E-state index is 0.111. The molecule has 0 aliphatic heterocycles. The van der Waals surface area contributed by atoms with Gasteiger partial charge in [0.15, 0.2) is 0 Å². The molecule has 0 fully saturated rings. The minimum atomic E-state index is -0.157. The Kier molecular flexibility index (Phi) is 4.39. The number of pyridine rings is 1. The first kappa shape index (κ1) is 14.5. The van der Waals surface area contributed by atoms with Crippen molar-refractivity contribution in [2.24, 2.45) is 0 Å². The van der Waals surface area contributed by atoms with Crippen LogP contribution in [0.5, 0.6) is 0 Å². The summed E-state index contributed by atoms with van der Waals surface area (Å²) in [5.74, 6) is -0.157. The third kappa shape index (κ3) is 2.67. The van der Waals surface area contributed by atoms with E-state index in [4.69, 9.17) is 11.6 Å². The van der Waals surface area contributed by atoms with Crippen LogP contribution >= 0.6 is 11.6 Å². The van der Waals surface area contributed by atoms with Gasteiger partial charge in [0, 0.05) is 30.7 Å². The van der Waals surface area contributed by atoms with Crippen LogP contribution in [0.3, 0.4) is 0 Å². The zero-order valence-electron chi connectivity index (χ0n) is 11.7. The first-order valence-electron chi connectivity index (χ1n) is 6.51. The third-order valence-corrected chi connectivity index (χ3v) is 3.37. The summed E-state index contributed by atoms with van der Waals surface area (Å²) in [4.78, 5) is 18.2. The first-order valence-corrected chi connectivity index (χ1v) is 6.89. The highest BCUT2D eigenvalue weighted by atomic mass is 35.5. The third-order valence-electron chi connectivity index (χ3n) is 2.99. The van der Waals surface area contributed by atoms with Crippen molar-refractivity contribution in [1.82, 2.24) is 14.8 Å². The predicted molar refractivity (Wildman–Crippen MR) is 79.2 cm³/mol. The molecule has 2 heterocycles. The molecule has 2 aromatic rings. The van der Waals surface area contributed by atoms with E-state index in [1.165, 1.54) is 6.20 Å². The molecule has 20 heavy (non-hydrogen) atoms. The number of halogens is 1. The molecule has 1 amide bonds.